The molecule has 1 heterocycles. The molecule has 2 rings (SSSR count). The predicted octanol–water partition coefficient (Wildman–Crippen LogP) is 2.82. The molecule has 21 heavy (non-hydrogen) atoms. The molecule has 1 unspecified atom stereocenters. The minimum Gasteiger partial charge on any atom is -0.316 e. The van der Waals surface area contributed by atoms with Crippen LogP contribution in [0.25, 0.3) is 0 Å². The van der Waals surface area contributed by atoms with Crippen molar-refractivity contribution in [1.82, 2.24) is 10.0 Å². The van der Waals surface area contributed by atoms with Crippen LogP contribution in [0.1, 0.15) is 29.7 Å². The zero-order valence-electron chi connectivity index (χ0n) is 12.4. The van der Waals surface area contributed by atoms with Crippen LogP contribution in [0.2, 0.25) is 0 Å². The average molecular weight is 324 g/mol. The molecule has 2 aromatic rings. The summed E-state index contributed by atoms with van der Waals surface area (Å²) in [4.78, 5) is 0. The molecule has 1 aromatic carbocycles. The molecule has 0 aliphatic heterocycles. The van der Waals surface area contributed by atoms with Crippen molar-refractivity contribution in [3.8, 4) is 0 Å². The Balaban J connectivity index is 2.18. The van der Waals surface area contributed by atoms with E-state index in [0.29, 0.717) is 10.8 Å². The lowest BCUT2D eigenvalue weighted by Crippen LogP contribution is -2.26. The zero-order valence-corrected chi connectivity index (χ0v) is 14.0. The maximum atomic E-state index is 12.4. The number of rotatable bonds is 6. The first kappa shape index (κ1) is 16.2. The van der Waals surface area contributed by atoms with Gasteiger partial charge in [0.15, 0.2) is 0 Å². The van der Waals surface area contributed by atoms with Crippen molar-refractivity contribution in [1.29, 1.82) is 0 Å². The number of benzene rings is 1. The molecule has 1 aromatic heterocycles. The first-order valence-electron chi connectivity index (χ1n) is 6.74. The summed E-state index contributed by atoms with van der Waals surface area (Å²) in [7, 11) is -1.64. The van der Waals surface area contributed by atoms with Crippen LogP contribution in [0.4, 0.5) is 0 Å². The van der Waals surface area contributed by atoms with Gasteiger partial charge in [-0.1, -0.05) is 24.3 Å². The van der Waals surface area contributed by atoms with Gasteiger partial charge in [0, 0.05) is 12.6 Å². The molecular formula is C15H20N2O2S2. The van der Waals surface area contributed by atoms with E-state index >= 15 is 0 Å². The van der Waals surface area contributed by atoms with Crippen LogP contribution in [0.15, 0.2) is 39.9 Å². The number of hydrogen-bond acceptors (Lipinski definition) is 4. The van der Waals surface area contributed by atoms with E-state index in [0.717, 1.165) is 16.7 Å². The third kappa shape index (κ3) is 3.91. The molecule has 0 fully saturated rings. The second kappa shape index (κ2) is 6.70. The summed E-state index contributed by atoms with van der Waals surface area (Å²) in [5.74, 6) is 0. The Morgan fingerprint density at radius 1 is 1.29 bits per heavy atom. The Morgan fingerprint density at radius 3 is 2.67 bits per heavy atom. The van der Waals surface area contributed by atoms with Crippen molar-refractivity contribution >= 4 is 21.4 Å². The molecule has 0 bridgehead atoms. The monoisotopic (exact) mass is 324 g/mol. The number of thiophene rings is 1. The Labute approximate surface area is 130 Å². The van der Waals surface area contributed by atoms with Gasteiger partial charge in [-0.2, -0.15) is 0 Å². The van der Waals surface area contributed by atoms with Crippen molar-refractivity contribution in [3.05, 3.63) is 52.4 Å². The minimum absolute atomic E-state index is 0.258. The largest absolute Gasteiger partial charge is 0.316 e. The maximum absolute atomic E-state index is 12.4. The molecule has 6 heteroatoms. The molecule has 0 radical (unpaired) electrons. The molecule has 1 atom stereocenters. The van der Waals surface area contributed by atoms with Gasteiger partial charge in [-0.25, -0.2) is 13.1 Å². The molecule has 0 saturated carbocycles. The first-order valence-corrected chi connectivity index (χ1v) is 9.10. The highest BCUT2D eigenvalue weighted by Crippen LogP contribution is 2.24. The van der Waals surface area contributed by atoms with E-state index in [1.165, 1.54) is 11.3 Å². The third-order valence-corrected chi connectivity index (χ3v) is 6.29. The fourth-order valence-corrected chi connectivity index (χ4v) is 4.67. The van der Waals surface area contributed by atoms with Crippen molar-refractivity contribution in [2.45, 2.75) is 30.6 Å². The Hall–Kier alpha value is -1.21. The quantitative estimate of drug-likeness (QED) is 0.859. The van der Waals surface area contributed by atoms with Crippen LogP contribution in [-0.4, -0.2) is 15.5 Å². The van der Waals surface area contributed by atoms with E-state index in [1.54, 1.807) is 6.07 Å². The summed E-state index contributed by atoms with van der Waals surface area (Å²) in [5.41, 5.74) is 3.05. The highest BCUT2D eigenvalue weighted by atomic mass is 32.2. The maximum Gasteiger partial charge on any atom is 0.250 e. The molecule has 2 N–H and O–H groups in total. The summed E-state index contributed by atoms with van der Waals surface area (Å²) >= 11 is 1.25. The Bertz CT molecular complexity index is 708. The van der Waals surface area contributed by atoms with Crippen LogP contribution >= 0.6 is 11.3 Å². The lowest BCUT2D eigenvalue weighted by atomic mass is 10.0. The van der Waals surface area contributed by atoms with Crippen molar-refractivity contribution < 1.29 is 8.42 Å². The summed E-state index contributed by atoms with van der Waals surface area (Å²) in [6.07, 6.45) is 0. The van der Waals surface area contributed by atoms with Crippen LogP contribution in [-0.2, 0) is 16.6 Å². The highest BCUT2D eigenvalue weighted by molar-refractivity contribution is 7.91. The molecule has 4 nitrogen and oxygen atoms in total. The molecule has 0 amide bonds. The van der Waals surface area contributed by atoms with Crippen molar-refractivity contribution in [2.75, 3.05) is 7.05 Å². The summed E-state index contributed by atoms with van der Waals surface area (Å²) in [6, 6.07) is 9.26. The molecule has 0 spiro atoms. The summed E-state index contributed by atoms with van der Waals surface area (Å²) < 4.78 is 27.9. The van der Waals surface area contributed by atoms with Crippen LogP contribution in [0.5, 0.6) is 0 Å². The van der Waals surface area contributed by atoms with Gasteiger partial charge in [-0.3, -0.25) is 0 Å². The van der Waals surface area contributed by atoms with Gasteiger partial charge < -0.3 is 5.32 Å². The van der Waals surface area contributed by atoms with Gasteiger partial charge >= 0.3 is 0 Å². The topological polar surface area (TPSA) is 58.2 Å². The van der Waals surface area contributed by atoms with E-state index in [9.17, 15) is 8.42 Å². The van der Waals surface area contributed by atoms with E-state index in [1.807, 2.05) is 50.5 Å². The smallest absolute Gasteiger partial charge is 0.250 e. The van der Waals surface area contributed by atoms with Gasteiger partial charge in [0.05, 0.1) is 0 Å². The third-order valence-electron chi connectivity index (χ3n) is 3.26. The van der Waals surface area contributed by atoms with Gasteiger partial charge in [-0.05, 0) is 49.0 Å². The van der Waals surface area contributed by atoms with Crippen LogP contribution in [0, 0.1) is 6.92 Å². The standard InChI is InChI=1S/C15H20N2O2S2/c1-11-6-4-5-7-14(11)12(2)17-21(18,19)15-8-13(9-16-3)10-20-15/h4-8,10,12,16-17H,9H2,1-3H3. The number of sulfonamides is 1. The molecule has 114 valence electrons. The molecular weight excluding hydrogens is 304 g/mol. The Morgan fingerprint density at radius 2 is 2.00 bits per heavy atom. The summed E-state index contributed by atoms with van der Waals surface area (Å²) in [5, 5.41) is 4.88. The van der Waals surface area contributed by atoms with E-state index in [-0.39, 0.29) is 6.04 Å². The van der Waals surface area contributed by atoms with E-state index in [4.69, 9.17) is 0 Å². The summed E-state index contributed by atoms with van der Waals surface area (Å²) in [6.45, 7) is 4.51. The van der Waals surface area contributed by atoms with Gasteiger partial charge in [-0.15, -0.1) is 11.3 Å². The average Bonchev–Trinajstić information content (AvgIpc) is 2.88. The lowest BCUT2D eigenvalue weighted by molar-refractivity contribution is 0.568. The number of hydrogen-bond donors (Lipinski definition) is 2. The molecule has 0 saturated heterocycles. The number of nitrogens with one attached hydrogen (secondary N) is 2. The van der Waals surface area contributed by atoms with Crippen molar-refractivity contribution in [2.24, 2.45) is 0 Å². The van der Waals surface area contributed by atoms with Crippen molar-refractivity contribution in [3.63, 3.8) is 0 Å². The SMILES string of the molecule is CNCc1csc(S(=O)(=O)NC(C)c2ccccc2C)c1. The van der Waals surface area contributed by atoms with Gasteiger partial charge in [0.1, 0.15) is 4.21 Å². The first-order chi connectivity index (χ1) is 9.94. The number of aryl methyl sites for hydroxylation is 1. The van der Waals surface area contributed by atoms with Crippen LogP contribution in [0.3, 0.4) is 0 Å². The normalized spacial score (nSPS) is 13.3. The highest BCUT2D eigenvalue weighted by Gasteiger charge is 2.21. The zero-order chi connectivity index (χ0) is 15.5. The minimum atomic E-state index is -3.48. The fraction of sp³-hybridized carbons (Fsp3) is 0.333. The second-order valence-electron chi connectivity index (χ2n) is 5.00. The Kier molecular flexibility index (Phi) is 5.16. The fourth-order valence-electron chi connectivity index (χ4n) is 2.22. The second-order valence-corrected chi connectivity index (χ2v) is 7.86. The van der Waals surface area contributed by atoms with Crippen LogP contribution < -0.4 is 10.0 Å². The van der Waals surface area contributed by atoms with Gasteiger partial charge in [0.2, 0.25) is 0 Å². The van der Waals surface area contributed by atoms with Gasteiger partial charge in [0.25, 0.3) is 10.0 Å². The van der Waals surface area contributed by atoms with E-state index in [2.05, 4.69) is 10.0 Å². The lowest BCUT2D eigenvalue weighted by Gasteiger charge is -2.16. The molecule has 0 aliphatic rings. The van der Waals surface area contributed by atoms with E-state index < -0.39 is 10.0 Å². The predicted molar refractivity (Wildman–Crippen MR) is 87.0 cm³/mol. The molecule has 0 aliphatic carbocycles.